The Labute approximate surface area is 254 Å². The van der Waals surface area contributed by atoms with E-state index in [1.54, 1.807) is 36.4 Å². The van der Waals surface area contributed by atoms with Gasteiger partial charge in [-0.1, -0.05) is 59.6 Å². The molecule has 3 aromatic heterocycles. The molecular weight excluding hydrogens is 591 g/mol. The van der Waals surface area contributed by atoms with Gasteiger partial charge in [-0.05, 0) is 64.7 Å². The minimum atomic E-state index is -0.523. The van der Waals surface area contributed by atoms with Crippen LogP contribution in [-0.4, -0.2) is 46.2 Å². The van der Waals surface area contributed by atoms with Crippen LogP contribution in [0, 0.1) is 0 Å². The lowest BCUT2D eigenvalue weighted by atomic mass is 10.0. The zero-order valence-electron chi connectivity index (χ0n) is 22.5. The number of nitrogens with one attached hydrogen (secondary N) is 3. The van der Waals surface area contributed by atoms with Crippen LogP contribution in [0.15, 0.2) is 83.9 Å². The van der Waals surface area contributed by atoms with E-state index < -0.39 is 11.6 Å². The topological polar surface area (TPSA) is 154 Å². The summed E-state index contributed by atoms with van der Waals surface area (Å²) in [5, 5.41) is 26.0. The molecule has 0 radical (unpaired) electrons. The summed E-state index contributed by atoms with van der Waals surface area (Å²) in [4.78, 5) is 35.6. The number of fused-ring (bicyclic) bond motifs is 1. The minimum absolute atomic E-state index is 0.148. The molecule has 6 rings (SSSR count). The molecule has 216 valence electrons. The van der Waals surface area contributed by atoms with E-state index in [0.29, 0.717) is 45.8 Å². The van der Waals surface area contributed by atoms with Gasteiger partial charge < -0.3 is 20.4 Å². The fraction of sp³-hybridized carbons (Fsp3) is 0.133. The Balaban J connectivity index is 1.26. The fourth-order valence-corrected chi connectivity index (χ4v) is 5.38. The average molecular weight is 615 g/mol. The molecule has 3 aromatic carbocycles. The van der Waals surface area contributed by atoms with E-state index >= 15 is 0 Å². The second-order valence-electron chi connectivity index (χ2n) is 9.90. The maximum absolute atomic E-state index is 13.3. The van der Waals surface area contributed by atoms with Crippen molar-refractivity contribution in [2.24, 2.45) is 0 Å². The molecule has 0 saturated heterocycles. The van der Waals surface area contributed by atoms with E-state index in [-0.39, 0.29) is 23.2 Å². The lowest BCUT2D eigenvalue weighted by Crippen LogP contribution is -2.31. The van der Waals surface area contributed by atoms with Crippen LogP contribution in [0.3, 0.4) is 0 Å². The first-order chi connectivity index (χ1) is 20.8. The van der Waals surface area contributed by atoms with Gasteiger partial charge in [-0.25, -0.2) is 9.67 Å². The number of aromatic amines is 2. The van der Waals surface area contributed by atoms with Gasteiger partial charge in [0.25, 0.3) is 5.56 Å². The number of carbonyl (C=O) groups is 1. The molecule has 0 spiro atoms. The first-order valence-corrected chi connectivity index (χ1v) is 14.1. The summed E-state index contributed by atoms with van der Waals surface area (Å²) in [7, 11) is 0. The number of aromatic hydroxyl groups is 1. The summed E-state index contributed by atoms with van der Waals surface area (Å²) < 4.78 is 1.53. The highest BCUT2D eigenvalue weighted by atomic mass is 35.5. The first-order valence-electron chi connectivity index (χ1n) is 13.3. The second-order valence-corrected chi connectivity index (χ2v) is 10.7. The van der Waals surface area contributed by atoms with E-state index in [4.69, 9.17) is 28.2 Å². The Morgan fingerprint density at radius 2 is 1.86 bits per heavy atom. The number of hydrogen-bond acceptors (Lipinski definition) is 7. The third kappa shape index (κ3) is 6.27. The molecule has 4 N–H and O–H groups in total. The number of halogens is 2. The van der Waals surface area contributed by atoms with Gasteiger partial charge in [-0.15, -0.1) is 5.10 Å². The second kappa shape index (κ2) is 12.1. The van der Waals surface area contributed by atoms with Crippen LogP contribution < -0.4 is 10.9 Å². The maximum Gasteiger partial charge on any atom is 0.252 e. The van der Waals surface area contributed by atoms with Crippen LogP contribution in [0.5, 0.6) is 5.75 Å². The van der Waals surface area contributed by atoms with Gasteiger partial charge in [0, 0.05) is 28.5 Å². The van der Waals surface area contributed by atoms with Crippen molar-refractivity contribution in [3.63, 3.8) is 0 Å². The number of carbonyl (C=O) groups excluding carboxylic acids is 1. The van der Waals surface area contributed by atoms with E-state index in [1.165, 1.54) is 11.0 Å². The van der Waals surface area contributed by atoms with Gasteiger partial charge in [0.05, 0.1) is 17.2 Å². The first kappa shape index (κ1) is 28.1. The zero-order valence-corrected chi connectivity index (χ0v) is 24.0. The maximum atomic E-state index is 13.3. The van der Waals surface area contributed by atoms with Crippen molar-refractivity contribution in [2.45, 2.75) is 25.3 Å². The quantitative estimate of drug-likeness (QED) is 0.180. The standard InChI is InChI=1S/C30H24Cl2N8O3/c31-20-8-10-24(40-16-33-38-39-40)18(13-20)7-11-26(42)35-23(12-17-4-2-1-3-5-17)30-36-28(29(32)37-30)19-6-9-22-21(14-19)25(41)15-27(43)34-22/h1-6,8-10,13-16,23H,7,11-12H2,(H,35,42)(H,36,37)(H2,34,41,43)/t23-/m0/s1. The van der Waals surface area contributed by atoms with Gasteiger partial charge in [-0.3, -0.25) is 9.59 Å². The number of H-pyrrole nitrogens is 2. The summed E-state index contributed by atoms with van der Waals surface area (Å²) >= 11 is 12.9. The predicted octanol–water partition coefficient (Wildman–Crippen LogP) is 4.94. The van der Waals surface area contributed by atoms with Gasteiger partial charge in [-0.2, -0.15) is 0 Å². The van der Waals surface area contributed by atoms with Crippen molar-refractivity contribution < 1.29 is 9.90 Å². The monoisotopic (exact) mass is 614 g/mol. The summed E-state index contributed by atoms with van der Waals surface area (Å²) in [5.74, 6) is 0.127. The number of rotatable bonds is 9. The van der Waals surface area contributed by atoms with Gasteiger partial charge in [0.2, 0.25) is 5.91 Å². The molecule has 0 unspecified atom stereocenters. The van der Waals surface area contributed by atoms with E-state index in [2.05, 4.69) is 30.8 Å². The van der Waals surface area contributed by atoms with Crippen molar-refractivity contribution in [2.75, 3.05) is 0 Å². The SMILES string of the molecule is O=C(CCc1cc(Cl)ccc1-n1cnnn1)N[C@@H](Cc1ccccc1)c1nc(-c2ccc3[nH]c(=O)cc(O)c3c2)c(Cl)[nH]1. The number of tetrazole rings is 1. The van der Waals surface area contributed by atoms with Gasteiger partial charge in [0.1, 0.15) is 28.7 Å². The Kier molecular flexibility index (Phi) is 7.91. The molecule has 6 aromatic rings. The normalized spacial score (nSPS) is 12.0. The van der Waals surface area contributed by atoms with Crippen LogP contribution in [0.2, 0.25) is 10.2 Å². The third-order valence-electron chi connectivity index (χ3n) is 6.98. The number of nitrogens with zero attached hydrogens (tertiary/aromatic N) is 5. The Bertz CT molecular complexity index is 1970. The van der Waals surface area contributed by atoms with E-state index in [9.17, 15) is 14.7 Å². The molecule has 3 heterocycles. The third-order valence-corrected chi connectivity index (χ3v) is 7.49. The van der Waals surface area contributed by atoms with Crippen LogP contribution in [0.1, 0.15) is 29.4 Å². The zero-order chi connectivity index (χ0) is 29.9. The number of aryl methyl sites for hydroxylation is 1. The lowest BCUT2D eigenvalue weighted by molar-refractivity contribution is -0.121. The molecular formula is C30H24Cl2N8O3. The molecule has 13 heteroatoms. The number of amides is 1. The molecule has 1 atom stereocenters. The number of pyridine rings is 1. The summed E-state index contributed by atoms with van der Waals surface area (Å²) in [6, 6.07) is 20.8. The number of imidazole rings is 1. The molecule has 11 nitrogen and oxygen atoms in total. The van der Waals surface area contributed by atoms with Crippen LogP contribution in [0.25, 0.3) is 27.8 Å². The van der Waals surface area contributed by atoms with Crippen molar-refractivity contribution in [3.05, 3.63) is 117 Å². The number of hydrogen-bond donors (Lipinski definition) is 4. The molecule has 1 amide bonds. The predicted molar refractivity (Wildman–Crippen MR) is 162 cm³/mol. The van der Waals surface area contributed by atoms with Crippen LogP contribution in [0.4, 0.5) is 0 Å². The van der Waals surface area contributed by atoms with Gasteiger partial charge >= 0.3 is 0 Å². The van der Waals surface area contributed by atoms with Crippen molar-refractivity contribution in [1.82, 2.24) is 40.5 Å². The smallest absolute Gasteiger partial charge is 0.252 e. The molecule has 0 fully saturated rings. The Hall–Kier alpha value is -5.00. The van der Waals surface area contributed by atoms with Gasteiger partial charge in [0.15, 0.2) is 0 Å². The van der Waals surface area contributed by atoms with Crippen LogP contribution in [-0.2, 0) is 17.6 Å². The minimum Gasteiger partial charge on any atom is -0.507 e. The molecule has 0 aliphatic rings. The highest BCUT2D eigenvalue weighted by Crippen LogP contribution is 2.32. The molecule has 0 aliphatic carbocycles. The van der Waals surface area contributed by atoms with E-state index in [0.717, 1.165) is 22.9 Å². The summed E-state index contributed by atoms with van der Waals surface area (Å²) in [6.07, 6.45) is 2.51. The highest BCUT2D eigenvalue weighted by Gasteiger charge is 2.22. The van der Waals surface area contributed by atoms with E-state index in [1.807, 2.05) is 30.3 Å². The lowest BCUT2D eigenvalue weighted by Gasteiger charge is -2.17. The van der Waals surface area contributed by atoms with Crippen LogP contribution >= 0.6 is 23.2 Å². The van der Waals surface area contributed by atoms with Crippen molar-refractivity contribution in [1.29, 1.82) is 0 Å². The molecule has 0 aliphatic heterocycles. The summed E-state index contributed by atoms with van der Waals surface area (Å²) in [5.41, 5.74) is 3.70. The molecule has 0 saturated carbocycles. The molecule has 43 heavy (non-hydrogen) atoms. The average Bonchev–Trinajstić information content (AvgIpc) is 3.66. The van der Waals surface area contributed by atoms with Crippen molar-refractivity contribution in [3.8, 4) is 22.7 Å². The Morgan fingerprint density at radius 1 is 1.02 bits per heavy atom. The highest BCUT2D eigenvalue weighted by molar-refractivity contribution is 6.32. The molecule has 0 bridgehead atoms. The Morgan fingerprint density at radius 3 is 2.65 bits per heavy atom. The number of aromatic nitrogens is 7. The fourth-order valence-electron chi connectivity index (χ4n) is 4.94. The summed E-state index contributed by atoms with van der Waals surface area (Å²) in [6.45, 7) is 0. The largest absolute Gasteiger partial charge is 0.507 e. The number of benzene rings is 3. The van der Waals surface area contributed by atoms with Crippen molar-refractivity contribution >= 4 is 40.0 Å².